The minimum absolute atomic E-state index is 0.0406. The SMILES string of the molecule is CCNC(=O)N[C@H](C(=O)N1CCC[C@H]1c1ncc(C23CCC(c4ccc(-c5cnc([C@@H]6CCCN6C(=O)[C@@H](NC(=O)OC)C(C)C)[nH]5)cc4)(CC2)CC3)[nH]1)C(C)C. The first kappa shape index (κ1) is 40.3. The number of nitrogens with one attached hydrogen (secondary N) is 5. The molecule has 2 aliphatic heterocycles. The highest BCUT2D eigenvalue weighted by molar-refractivity contribution is 5.88. The van der Waals surface area contributed by atoms with Crippen LogP contribution in [0.2, 0.25) is 0 Å². The summed E-state index contributed by atoms with van der Waals surface area (Å²) in [5.74, 6) is 1.32. The van der Waals surface area contributed by atoms with Gasteiger partial charge in [0.05, 0.1) is 31.1 Å². The van der Waals surface area contributed by atoms with Crippen molar-refractivity contribution in [3.05, 3.63) is 59.6 Å². The van der Waals surface area contributed by atoms with Crippen LogP contribution >= 0.6 is 0 Å². The first-order chi connectivity index (χ1) is 27.4. The number of hydrogen-bond donors (Lipinski definition) is 5. The summed E-state index contributed by atoms with van der Waals surface area (Å²) < 4.78 is 4.78. The van der Waals surface area contributed by atoms with Crippen LogP contribution in [0.4, 0.5) is 9.59 Å². The lowest BCUT2D eigenvalue weighted by Crippen LogP contribution is -2.53. The molecule has 14 nitrogen and oxygen atoms in total. The third kappa shape index (κ3) is 7.88. The van der Waals surface area contributed by atoms with Gasteiger partial charge < -0.3 is 40.5 Å². The van der Waals surface area contributed by atoms with Gasteiger partial charge in [-0.1, -0.05) is 52.0 Å². The van der Waals surface area contributed by atoms with Crippen LogP contribution in [-0.2, 0) is 25.2 Å². The number of benzene rings is 1. The number of imidazole rings is 2. The Hall–Kier alpha value is -4.88. The van der Waals surface area contributed by atoms with Gasteiger partial charge in [-0.25, -0.2) is 19.6 Å². The molecule has 5 N–H and O–H groups in total. The van der Waals surface area contributed by atoms with E-state index in [9.17, 15) is 19.2 Å². The Morgan fingerprint density at radius 2 is 1.30 bits per heavy atom. The minimum Gasteiger partial charge on any atom is -0.453 e. The number of hydrogen-bond acceptors (Lipinski definition) is 7. The number of carbonyl (C=O) groups is 4. The lowest BCUT2D eigenvalue weighted by atomic mass is 9.51. The molecule has 3 aromatic rings. The Morgan fingerprint density at radius 3 is 1.84 bits per heavy atom. The van der Waals surface area contributed by atoms with E-state index >= 15 is 0 Å². The van der Waals surface area contributed by atoms with Crippen molar-refractivity contribution < 1.29 is 23.9 Å². The van der Waals surface area contributed by atoms with Gasteiger partial charge in [-0.2, -0.15) is 0 Å². The van der Waals surface area contributed by atoms with E-state index in [4.69, 9.17) is 14.7 Å². The number of aromatic nitrogens is 4. The molecule has 0 spiro atoms. The highest BCUT2D eigenvalue weighted by Crippen LogP contribution is 2.58. The number of methoxy groups -OCH3 is 1. The second kappa shape index (κ2) is 16.5. The summed E-state index contributed by atoms with van der Waals surface area (Å²) in [7, 11) is 1.30. The van der Waals surface area contributed by atoms with Gasteiger partial charge in [0, 0.05) is 36.9 Å². The van der Waals surface area contributed by atoms with Crippen LogP contribution in [-0.4, -0.2) is 92.5 Å². The van der Waals surface area contributed by atoms with Crippen molar-refractivity contribution in [2.75, 3.05) is 26.7 Å². The van der Waals surface area contributed by atoms with E-state index in [2.05, 4.69) is 50.2 Å². The number of fused-ring (bicyclic) bond motifs is 3. The molecule has 8 rings (SSSR count). The molecule has 57 heavy (non-hydrogen) atoms. The standard InChI is InChI=1S/C43H61N9O5/c1-7-44-40(55)49-34(26(2)3)38(53)52-23-9-11-32(52)37-46-25-33(48-37)43-19-16-42(17-20-43,18-21-43)29-14-12-28(13-15-29)30-24-45-36(47-30)31-10-8-22-51(31)39(54)35(27(4)5)50-41(56)57-6/h12-15,24-27,31-32,34-35H,7-11,16-23H2,1-6H3,(H,45,47)(H,46,48)(H,50,56)(H2,44,49,55)/t31-,32-,34-,35-,42?,43?/m0/s1. The number of likely N-dealkylation sites (tertiary alicyclic amines) is 2. The van der Waals surface area contributed by atoms with Crippen molar-refractivity contribution in [1.29, 1.82) is 0 Å². The van der Waals surface area contributed by atoms with Gasteiger partial charge in [0.15, 0.2) is 0 Å². The van der Waals surface area contributed by atoms with Crippen LogP contribution in [0, 0.1) is 11.8 Å². The van der Waals surface area contributed by atoms with E-state index in [0.717, 1.165) is 87.1 Å². The molecule has 3 saturated carbocycles. The fourth-order valence-corrected chi connectivity index (χ4v) is 10.0. The molecule has 5 aliphatic rings. The van der Waals surface area contributed by atoms with Gasteiger partial charge in [0.25, 0.3) is 0 Å². The van der Waals surface area contributed by atoms with Gasteiger partial charge in [-0.05, 0) is 99.5 Å². The first-order valence-corrected chi connectivity index (χ1v) is 21.1. The molecule has 5 amide bonds. The fraction of sp³-hybridized carbons (Fsp3) is 0.628. The van der Waals surface area contributed by atoms with E-state index in [1.807, 2.05) is 56.8 Å². The lowest BCUT2D eigenvalue weighted by molar-refractivity contribution is -0.136. The Balaban J connectivity index is 0.989. The molecular weight excluding hydrogens is 723 g/mol. The zero-order valence-corrected chi connectivity index (χ0v) is 34.5. The molecule has 4 atom stereocenters. The van der Waals surface area contributed by atoms with Crippen LogP contribution < -0.4 is 16.0 Å². The van der Waals surface area contributed by atoms with Crippen molar-refractivity contribution in [3.63, 3.8) is 0 Å². The van der Waals surface area contributed by atoms with Gasteiger partial charge in [-0.3, -0.25) is 9.59 Å². The third-order valence-electron chi connectivity index (χ3n) is 13.5. The maximum absolute atomic E-state index is 13.8. The van der Waals surface area contributed by atoms with E-state index in [0.29, 0.717) is 19.6 Å². The zero-order valence-electron chi connectivity index (χ0n) is 34.5. The van der Waals surface area contributed by atoms with Gasteiger partial charge >= 0.3 is 12.1 Å². The van der Waals surface area contributed by atoms with E-state index in [-0.39, 0.29) is 52.6 Å². The predicted octanol–water partition coefficient (Wildman–Crippen LogP) is 6.39. The molecule has 1 aromatic carbocycles. The second-order valence-corrected chi connectivity index (χ2v) is 17.5. The van der Waals surface area contributed by atoms with Gasteiger partial charge in [0.2, 0.25) is 11.8 Å². The number of carbonyl (C=O) groups excluding carboxylic acids is 4. The Morgan fingerprint density at radius 1 is 0.772 bits per heavy atom. The zero-order chi connectivity index (χ0) is 40.5. The number of nitrogens with zero attached hydrogens (tertiary/aromatic N) is 4. The predicted molar refractivity (Wildman–Crippen MR) is 216 cm³/mol. The number of alkyl carbamates (subject to hydrolysis) is 1. The third-order valence-corrected chi connectivity index (χ3v) is 13.5. The van der Waals surface area contributed by atoms with Crippen LogP contribution in [0.3, 0.4) is 0 Å². The van der Waals surface area contributed by atoms with Crippen LogP contribution in [0.15, 0.2) is 36.7 Å². The summed E-state index contributed by atoms with van der Waals surface area (Å²) in [6.07, 6.45) is 13.3. The summed E-state index contributed by atoms with van der Waals surface area (Å²) in [4.78, 5) is 72.4. The average Bonchev–Trinajstić information content (AvgIpc) is 4.06. The molecule has 308 valence electrons. The fourth-order valence-electron chi connectivity index (χ4n) is 10.0. The number of aromatic amines is 2. The molecular formula is C43H61N9O5. The molecule has 0 unspecified atom stereocenters. The van der Waals surface area contributed by atoms with Gasteiger partial charge in [-0.15, -0.1) is 0 Å². The van der Waals surface area contributed by atoms with E-state index < -0.39 is 18.2 Å². The topological polar surface area (TPSA) is 177 Å². The quantitative estimate of drug-likeness (QED) is 0.141. The molecule has 4 heterocycles. The summed E-state index contributed by atoms with van der Waals surface area (Å²) in [5, 5.41) is 8.37. The monoisotopic (exact) mass is 783 g/mol. The smallest absolute Gasteiger partial charge is 0.407 e. The van der Waals surface area contributed by atoms with Crippen molar-refractivity contribution in [2.45, 2.75) is 134 Å². The number of urea groups is 1. The first-order valence-electron chi connectivity index (χ1n) is 21.1. The van der Waals surface area contributed by atoms with Gasteiger partial charge in [0.1, 0.15) is 23.7 Å². The Bertz CT molecular complexity index is 1890. The average molecular weight is 784 g/mol. The van der Waals surface area contributed by atoms with Crippen molar-refractivity contribution >= 4 is 23.9 Å². The number of H-pyrrole nitrogens is 2. The highest BCUT2D eigenvalue weighted by atomic mass is 16.5. The van der Waals surface area contributed by atoms with Crippen molar-refractivity contribution in [1.82, 2.24) is 45.7 Å². The normalized spacial score (nSPS) is 25.5. The van der Waals surface area contributed by atoms with Crippen molar-refractivity contribution in [3.8, 4) is 11.3 Å². The molecule has 3 aliphatic carbocycles. The largest absolute Gasteiger partial charge is 0.453 e. The highest BCUT2D eigenvalue weighted by Gasteiger charge is 2.51. The number of rotatable bonds is 12. The van der Waals surface area contributed by atoms with Crippen LogP contribution in [0.1, 0.15) is 134 Å². The molecule has 14 heteroatoms. The maximum Gasteiger partial charge on any atom is 0.407 e. The van der Waals surface area contributed by atoms with E-state index in [1.165, 1.54) is 18.4 Å². The molecule has 2 aromatic heterocycles. The Labute approximate surface area is 336 Å². The van der Waals surface area contributed by atoms with Crippen LogP contribution in [0.25, 0.3) is 11.3 Å². The molecule has 2 bridgehead atoms. The van der Waals surface area contributed by atoms with Crippen LogP contribution in [0.5, 0.6) is 0 Å². The summed E-state index contributed by atoms with van der Waals surface area (Å²) in [6.45, 7) is 11.4. The minimum atomic E-state index is -0.672. The molecule has 5 fully saturated rings. The second-order valence-electron chi connectivity index (χ2n) is 17.5. The summed E-state index contributed by atoms with van der Waals surface area (Å²) in [5.41, 5.74) is 4.77. The number of amides is 5. The van der Waals surface area contributed by atoms with Crippen molar-refractivity contribution in [2.24, 2.45) is 11.8 Å². The Kier molecular flexibility index (Phi) is 11.7. The van der Waals surface area contributed by atoms with E-state index in [1.54, 1.807) is 0 Å². The molecule has 2 saturated heterocycles. The maximum atomic E-state index is 13.8. The summed E-state index contributed by atoms with van der Waals surface area (Å²) >= 11 is 0. The molecule has 0 radical (unpaired) electrons. The summed E-state index contributed by atoms with van der Waals surface area (Å²) in [6, 6.07) is 7.07. The lowest BCUT2D eigenvalue weighted by Gasteiger charge is -2.53. The number of ether oxygens (including phenoxy) is 1.